The van der Waals surface area contributed by atoms with E-state index in [1.165, 1.54) is 11.8 Å². The molecule has 2 N–H and O–H groups in total. The van der Waals surface area contributed by atoms with Crippen LogP contribution in [0.5, 0.6) is 11.5 Å². The van der Waals surface area contributed by atoms with Crippen molar-refractivity contribution < 1.29 is 19.1 Å². The van der Waals surface area contributed by atoms with Gasteiger partial charge in [-0.05, 0) is 43.2 Å². The van der Waals surface area contributed by atoms with Crippen molar-refractivity contribution in [3.05, 3.63) is 59.7 Å². The Labute approximate surface area is 172 Å². The molecular weight excluding hydrogens is 390 g/mol. The van der Waals surface area contributed by atoms with Gasteiger partial charge in [-0.15, -0.1) is 0 Å². The Hall–Kier alpha value is -3.00. The Bertz CT molecular complexity index is 992. The highest BCUT2D eigenvalue weighted by molar-refractivity contribution is 8.15. The first kappa shape index (κ1) is 19.3. The molecule has 4 rings (SSSR count). The van der Waals surface area contributed by atoms with Crippen molar-refractivity contribution in [3.63, 3.8) is 0 Å². The van der Waals surface area contributed by atoms with E-state index in [9.17, 15) is 9.59 Å². The van der Waals surface area contributed by atoms with Crippen LogP contribution in [0.1, 0.15) is 22.8 Å². The molecule has 0 radical (unpaired) electrons. The van der Waals surface area contributed by atoms with Crippen LogP contribution in [0, 0.1) is 0 Å². The van der Waals surface area contributed by atoms with Crippen molar-refractivity contribution in [3.8, 4) is 11.5 Å². The average Bonchev–Trinajstić information content (AvgIpc) is 3.02. The third-order valence-corrected chi connectivity index (χ3v) is 6.06. The first-order valence-electron chi connectivity index (χ1n) is 9.18. The summed E-state index contributed by atoms with van der Waals surface area (Å²) >= 11 is 1.29. The molecule has 2 aliphatic rings. The van der Waals surface area contributed by atoms with Gasteiger partial charge in [0.05, 0.1) is 10.8 Å². The normalized spacial score (nSPS) is 23.4. The molecule has 2 aliphatic heterocycles. The Morgan fingerprint density at radius 2 is 1.93 bits per heavy atom. The van der Waals surface area contributed by atoms with Gasteiger partial charge in [-0.25, -0.2) is 0 Å². The Balaban J connectivity index is 1.40. The number of hydrogen-bond donors (Lipinski definition) is 1. The van der Waals surface area contributed by atoms with E-state index in [4.69, 9.17) is 15.2 Å². The van der Waals surface area contributed by atoms with Crippen molar-refractivity contribution in [2.24, 2.45) is 10.7 Å². The number of carbonyl (C=O) groups is 2. The Morgan fingerprint density at radius 1 is 1.21 bits per heavy atom. The maximum Gasteiger partial charge on any atom is 0.261 e. The van der Waals surface area contributed by atoms with E-state index in [-0.39, 0.29) is 23.7 Å². The number of hydrogen-bond acceptors (Lipinski definition) is 6. The zero-order chi connectivity index (χ0) is 20.6. The minimum absolute atomic E-state index is 0.103. The number of para-hydroxylation sites is 1. The molecule has 0 saturated heterocycles. The first-order chi connectivity index (χ1) is 13.9. The van der Waals surface area contributed by atoms with E-state index >= 15 is 0 Å². The second-order valence-corrected chi connectivity index (χ2v) is 8.39. The Kier molecular flexibility index (Phi) is 4.96. The zero-order valence-electron chi connectivity index (χ0n) is 16.1. The van der Waals surface area contributed by atoms with Crippen molar-refractivity contribution >= 4 is 28.7 Å². The molecule has 2 aromatic rings. The van der Waals surface area contributed by atoms with Crippen LogP contribution in [-0.2, 0) is 11.2 Å². The van der Waals surface area contributed by atoms with Gasteiger partial charge in [0, 0.05) is 7.05 Å². The van der Waals surface area contributed by atoms with Crippen LogP contribution < -0.4 is 15.2 Å². The molecule has 2 amide bonds. The number of nitrogens with two attached hydrogens (primary N) is 1. The van der Waals surface area contributed by atoms with E-state index in [0.717, 1.165) is 5.56 Å². The van der Waals surface area contributed by atoms with Gasteiger partial charge >= 0.3 is 0 Å². The van der Waals surface area contributed by atoms with E-state index in [1.54, 1.807) is 24.1 Å². The molecule has 0 aromatic heterocycles. The summed E-state index contributed by atoms with van der Waals surface area (Å²) in [6, 6.07) is 14.7. The molecule has 8 heteroatoms. The van der Waals surface area contributed by atoms with Crippen LogP contribution in [0.15, 0.2) is 53.5 Å². The van der Waals surface area contributed by atoms with Gasteiger partial charge in [0.25, 0.3) is 11.8 Å². The fraction of sp³-hybridized carbons (Fsp3) is 0.286. The fourth-order valence-corrected chi connectivity index (χ4v) is 4.11. The quantitative estimate of drug-likeness (QED) is 0.812. The number of aliphatic imine (C=N–C) groups is 1. The summed E-state index contributed by atoms with van der Waals surface area (Å²) in [7, 11) is 1.70. The number of nitrogens with zero attached hydrogens (tertiary/aromatic N) is 2. The number of thioether (sulfide) groups is 1. The Morgan fingerprint density at radius 3 is 2.62 bits per heavy atom. The monoisotopic (exact) mass is 411 g/mol. The minimum Gasteiger partial charge on any atom is -0.487 e. The van der Waals surface area contributed by atoms with Crippen LogP contribution in [0.2, 0.25) is 0 Å². The molecule has 0 bridgehead atoms. The molecule has 29 heavy (non-hydrogen) atoms. The smallest absolute Gasteiger partial charge is 0.261 e. The number of ether oxygens (including phenoxy) is 2. The largest absolute Gasteiger partial charge is 0.487 e. The van der Waals surface area contributed by atoms with E-state index < -0.39 is 5.72 Å². The lowest BCUT2D eigenvalue weighted by Crippen LogP contribution is -2.58. The van der Waals surface area contributed by atoms with Crippen LogP contribution in [0.25, 0.3) is 0 Å². The average molecular weight is 411 g/mol. The highest BCUT2D eigenvalue weighted by atomic mass is 32.2. The van der Waals surface area contributed by atoms with Crippen molar-refractivity contribution in [1.29, 1.82) is 0 Å². The molecule has 0 spiro atoms. The summed E-state index contributed by atoms with van der Waals surface area (Å²) in [4.78, 5) is 29.7. The third kappa shape index (κ3) is 3.80. The highest BCUT2D eigenvalue weighted by Crippen LogP contribution is 2.33. The number of benzene rings is 2. The summed E-state index contributed by atoms with van der Waals surface area (Å²) < 4.78 is 12.0. The second-order valence-electron chi connectivity index (χ2n) is 7.17. The molecule has 0 fully saturated rings. The van der Waals surface area contributed by atoms with Gasteiger partial charge < -0.3 is 20.1 Å². The molecule has 0 saturated carbocycles. The summed E-state index contributed by atoms with van der Waals surface area (Å²) in [6.07, 6.45) is 0.558. The summed E-state index contributed by atoms with van der Waals surface area (Å²) in [5, 5.41) is 0.0527. The number of amides is 2. The van der Waals surface area contributed by atoms with Crippen molar-refractivity contribution in [2.75, 3.05) is 13.7 Å². The van der Waals surface area contributed by atoms with Gasteiger partial charge in [-0.1, -0.05) is 36.0 Å². The van der Waals surface area contributed by atoms with Gasteiger partial charge in [0.2, 0.25) is 5.72 Å². The molecule has 2 unspecified atom stereocenters. The fourth-order valence-electron chi connectivity index (χ4n) is 3.24. The van der Waals surface area contributed by atoms with Crippen LogP contribution in [0.4, 0.5) is 0 Å². The van der Waals surface area contributed by atoms with Gasteiger partial charge in [0.15, 0.2) is 5.17 Å². The summed E-state index contributed by atoms with van der Waals surface area (Å²) in [5.41, 5.74) is 6.21. The standard InChI is InChI=1S/C21H21N3O4S/c1-21(24(2)19(26)15-5-3-4-6-16(15)28-21)12-27-14-9-7-13(8-10-14)11-17-18(25)23-20(22)29-17/h3-10,17H,11-12H2,1-2H3,(H2,22,23,25). The maximum absolute atomic E-state index is 12.6. The third-order valence-electron chi connectivity index (χ3n) is 5.07. The predicted octanol–water partition coefficient (Wildman–Crippen LogP) is 2.45. The minimum atomic E-state index is -0.925. The van der Waals surface area contributed by atoms with E-state index in [2.05, 4.69) is 4.99 Å². The molecule has 2 aromatic carbocycles. The zero-order valence-corrected chi connectivity index (χ0v) is 16.9. The first-order valence-corrected chi connectivity index (χ1v) is 10.1. The molecule has 2 atom stereocenters. The summed E-state index contributed by atoms with van der Waals surface area (Å²) in [5.74, 6) is 0.911. The van der Waals surface area contributed by atoms with Crippen LogP contribution in [-0.4, -0.2) is 46.5 Å². The maximum atomic E-state index is 12.6. The summed E-state index contributed by atoms with van der Waals surface area (Å²) in [6.45, 7) is 1.99. The lowest BCUT2D eigenvalue weighted by Gasteiger charge is -2.42. The van der Waals surface area contributed by atoms with Gasteiger partial charge in [0.1, 0.15) is 18.1 Å². The SMILES string of the molecule is CN1C(=O)c2ccccc2OC1(C)COc1ccc(CC2SC(N)=NC2=O)cc1. The topological polar surface area (TPSA) is 94.2 Å². The lowest BCUT2D eigenvalue weighted by atomic mass is 10.1. The lowest BCUT2D eigenvalue weighted by molar-refractivity contribution is -0.117. The predicted molar refractivity (Wildman–Crippen MR) is 111 cm³/mol. The highest BCUT2D eigenvalue weighted by Gasteiger charge is 2.41. The number of fused-ring (bicyclic) bond motifs is 1. The van der Waals surface area contributed by atoms with Crippen LogP contribution in [0.3, 0.4) is 0 Å². The van der Waals surface area contributed by atoms with E-state index in [1.807, 2.05) is 43.3 Å². The molecule has 7 nitrogen and oxygen atoms in total. The molecule has 150 valence electrons. The molecule has 2 heterocycles. The van der Waals surface area contributed by atoms with Gasteiger partial charge in [-0.3, -0.25) is 9.59 Å². The van der Waals surface area contributed by atoms with Gasteiger partial charge in [-0.2, -0.15) is 4.99 Å². The number of amidine groups is 1. The second kappa shape index (κ2) is 7.44. The molecular formula is C21H21N3O4S. The van der Waals surface area contributed by atoms with E-state index in [0.29, 0.717) is 28.7 Å². The number of rotatable bonds is 5. The van der Waals surface area contributed by atoms with Crippen molar-refractivity contribution in [2.45, 2.75) is 24.3 Å². The van der Waals surface area contributed by atoms with Crippen LogP contribution >= 0.6 is 11.8 Å². The van der Waals surface area contributed by atoms with Crippen molar-refractivity contribution in [1.82, 2.24) is 4.90 Å². The number of likely N-dealkylation sites (N-methyl/N-ethyl adjacent to an activating group) is 1. The number of carbonyl (C=O) groups excluding carboxylic acids is 2. The molecule has 0 aliphatic carbocycles.